The standard InChI is InChI=1S/C16H24N2O3/c1-16(2,7-6-8-17)11-18-12-9-13(19-3)15(21-5)14(10-12)20-4/h9-10,18H,6-7,11H2,1-5H3. The highest BCUT2D eigenvalue weighted by Crippen LogP contribution is 2.40. The molecule has 0 atom stereocenters. The van der Waals surface area contributed by atoms with Gasteiger partial charge in [0.15, 0.2) is 11.5 Å². The monoisotopic (exact) mass is 292 g/mol. The molecule has 1 N–H and O–H groups in total. The molecule has 0 spiro atoms. The summed E-state index contributed by atoms with van der Waals surface area (Å²) in [5, 5.41) is 12.1. The predicted molar refractivity (Wildman–Crippen MR) is 83.2 cm³/mol. The van der Waals surface area contributed by atoms with Crippen molar-refractivity contribution in [1.29, 1.82) is 5.26 Å². The van der Waals surface area contributed by atoms with E-state index < -0.39 is 0 Å². The van der Waals surface area contributed by atoms with E-state index >= 15 is 0 Å². The second-order valence-electron chi connectivity index (χ2n) is 5.59. The number of anilines is 1. The molecule has 116 valence electrons. The molecule has 0 aliphatic carbocycles. The highest BCUT2D eigenvalue weighted by atomic mass is 16.5. The second kappa shape index (κ2) is 7.63. The first kappa shape index (κ1) is 17.0. The molecule has 1 aromatic rings. The largest absolute Gasteiger partial charge is 0.493 e. The highest BCUT2D eigenvalue weighted by Gasteiger charge is 2.18. The summed E-state index contributed by atoms with van der Waals surface area (Å²) in [6.45, 7) is 5.03. The molecule has 0 aliphatic heterocycles. The van der Waals surface area contributed by atoms with Gasteiger partial charge in [0.05, 0.1) is 27.4 Å². The Balaban J connectivity index is 2.87. The van der Waals surface area contributed by atoms with E-state index in [1.165, 1.54) is 0 Å². The lowest BCUT2D eigenvalue weighted by molar-refractivity contribution is 0.324. The van der Waals surface area contributed by atoms with Gasteiger partial charge in [-0.25, -0.2) is 0 Å². The van der Waals surface area contributed by atoms with Crippen molar-refractivity contribution in [2.24, 2.45) is 5.41 Å². The lowest BCUT2D eigenvalue weighted by atomic mass is 9.88. The topological polar surface area (TPSA) is 63.5 Å². The third-order valence-corrected chi connectivity index (χ3v) is 3.35. The fourth-order valence-corrected chi connectivity index (χ4v) is 2.01. The van der Waals surface area contributed by atoms with Crippen LogP contribution in [0.15, 0.2) is 12.1 Å². The van der Waals surface area contributed by atoms with Crippen molar-refractivity contribution in [2.45, 2.75) is 26.7 Å². The van der Waals surface area contributed by atoms with Crippen LogP contribution in [0.3, 0.4) is 0 Å². The second-order valence-corrected chi connectivity index (χ2v) is 5.59. The minimum atomic E-state index is 0.0378. The number of hydrogen-bond acceptors (Lipinski definition) is 5. The number of nitrogens with zero attached hydrogens (tertiary/aromatic N) is 1. The molecule has 5 heteroatoms. The Hall–Kier alpha value is -2.09. The van der Waals surface area contributed by atoms with Crippen LogP contribution in [0.25, 0.3) is 0 Å². The SMILES string of the molecule is COc1cc(NCC(C)(C)CCC#N)cc(OC)c1OC. The van der Waals surface area contributed by atoms with Gasteiger partial charge >= 0.3 is 0 Å². The lowest BCUT2D eigenvalue weighted by Crippen LogP contribution is -2.23. The molecule has 0 unspecified atom stereocenters. The van der Waals surface area contributed by atoms with Gasteiger partial charge in [0, 0.05) is 30.8 Å². The molecule has 0 heterocycles. The van der Waals surface area contributed by atoms with E-state index in [-0.39, 0.29) is 5.41 Å². The van der Waals surface area contributed by atoms with Gasteiger partial charge in [0.2, 0.25) is 5.75 Å². The van der Waals surface area contributed by atoms with Gasteiger partial charge in [-0.2, -0.15) is 5.26 Å². The summed E-state index contributed by atoms with van der Waals surface area (Å²) in [4.78, 5) is 0. The van der Waals surface area contributed by atoms with Gasteiger partial charge in [-0.1, -0.05) is 13.8 Å². The number of methoxy groups -OCH3 is 3. The van der Waals surface area contributed by atoms with Crippen LogP contribution in [-0.2, 0) is 0 Å². The number of nitrogens with one attached hydrogen (secondary N) is 1. The van der Waals surface area contributed by atoms with E-state index in [4.69, 9.17) is 19.5 Å². The van der Waals surface area contributed by atoms with Crippen LogP contribution in [0, 0.1) is 16.7 Å². The number of nitriles is 1. The van der Waals surface area contributed by atoms with Crippen molar-refractivity contribution in [1.82, 2.24) is 0 Å². The van der Waals surface area contributed by atoms with E-state index in [1.54, 1.807) is 21.3 Å². The molecule has 0 aromatic heterocycles. The maximum absolute atomic E-state index is 8.69. The van der Waals surface area contributed by atoms with Gasteiger partial charge in [-0.05, 0) is 11.8 Å². The van der Waals surface area contributed by atoms with Crippen LogP contribution in [0.2, 0.25) is 0 Å². The summed E-state index contributed by atoms with van der Waals surface area (Å²) in [6, 6.07) is 5.94. The molecule has 21 heavy (non-hydrogen) atoms. The van der Waals surface area contributed by atoms with Crippen LogP contribution in [0.5, 0.6) is 17.2 Å². The quantitative estimate of drug-likeness (QED) is 0.795. The first-order valence-electron chi connectivity index (χ1n) is 6.88. The molecule has 0 fully saturated rings. The van der Waals surface area contributed by atoms with Gasteiger partial charge in [-0.3, -0.25) is 0 Å². The normalized spacial score (nSPS) is 10.7. The summed E-state index contributed by atoms with van der Waals surface area (Å²) in [5.41, 5.74) is 0.936. The molecule has 0 amide bonds. The lowest BCUT2D eigenvalue weighted by Gasteiger charge is -2.25. The molecule has 0 radical (unpaired) electrons. The van der Waals surface area contributed by atoms with Gasteiger partial charge < -0.3 is 19.5 Å². The summed E-state index contributed by atoms with van der Waals surface area (Å²) >= 11 is 0. The summed E-state index contributed by atoms with van der Waals surface area (Å²) < 4.78 is 16.0. The van der Waals surface area contributed by atoms with Crippen molar-refractivity contribution in [2.75, 3.05) is 33.2 Å². The fraction of sp³-hybridized carbons (Fsp3) is 0.562. The Bertz CT molecular complexity index is 482. The summed E-state index contributed by atoms with van der Waals surface area (Å²) in [7, 11) is 4.77. The third kappa shape index (κ3) is 4.75. The molecule has 1 aromatic carbocycles. The third-order valence-electron chi connectivity index (χ3n) is 3.35. The predicted octanol–water partition coefficient (Wildman–Crippen LogP) is 3.45. The zero-order valence-corrected chi connectivity index (χ0v) is 13.4. The first-order valence-corrected chi connectivity index (χ1v) is 6.88. The molecular weight excluding hydrogens is 268 g/mol. The Labute approximate surface area is 126 Å². The Morgan fingerprint density at radius 2 is 1.67 bits per heavy atom. The van der Waals surface area contributed by atoms with E-state index in [2.05, 4.69) is 25.2 Å². The first-order chi connectivity index (χ1) is 9.97. The van der Waals surface area contributed by atoms with Crippen LogP contribution < -0.4 is 19.5 Å². The van der Waals surface area contributed by atoms with Crippen LogP contribution in [0.1, 0.15) is 26.7 Å². The molecule has 1 rings (SSSR count). The number of rotatable bonds is 8. The number of benzene rings is 1. The van der Waals surface area contributed by atoms with Crippen molar-refractivity contribution in [3.05, 3.63) is 12.1 Å². The van der Waals surface area contributed by atoms with Gasteiger partial charge in [0.1, 0.15) is 0 Å². The van der Waals surface area contributed by atoms with E-state index in [0.717, 1.165) is 18.7 Å². The van der Waals surface area contributed by atoms with Crippen LogP contribution in [-0.4, -0.2) is 27.9 Å². The van der Waals surface area contributed by atoms with Crippen molar-refractivity contribution in [3.63, 3.8) is 0 Å². The van der Waals surface area contributed by atoms with Crippen molar-refractivity contribution in [3.8, 4) is 23.3 Å². The smallest absolute Gasteiger partial charge is 0.203 e. The molecule has 5 nitrogen and oxygen atoms in total. The Morgan fingerprint density at radius 3 is 2.10 bits per heavy atom. The molecule has 0 saturated carbocycles. The maximum atomic E-state index is 8.69. The van der Waals surface area contributed by atoms with Crippen LogP contribution in [0.4, 0.5) is 5.69 Å². The average molecular weight is 292 g/mol. The van der Waals surface area contributed by atoms with Gasteiger partial charge in [-0.15, -0.1) is 0 Å². The minimum Gasteiger partial charge on any atom is -0.493 e. The summed E-state index contributed by atoms with van der Waals surface area (Å²) in [5.74, 6) is 1.82. The molecule has 0 bridgehead atoms. The number of hydrogen-bond donors (Lipinski definition) is 1. The summed E-state index contributed by atoms with van der Waals surface area (Å²) in [6.07, 6.45) is 1.41. The molecular formula is C16H24N2O3. The highest BCUT2D eigenvalue weighted by molar-refractivity contribution is 5.62. The van der Waals surface area contributed by atoms with Crippen molar-refractivity contribution < 1.29 is 14.2 Å². The van der Waals surface area contributed by atoms with Crippen LogP contribution >= 0.6 is 0 Å². The van der Waals surface area contributed by atoms with Gasteiger partial charge in [0.25, 0.3) is 0 Å². The van der Waals surface area contributed by atoms with E-state index in [9.17, 15) is 0 Å². The van der Waals surface area contributed by atoms with Crippen molar-refractivity contribution >= 4 is 5.69 Å². The Kier molecular flexibility index (Phi) is 6.16. The zero-order valence-electron chi connectivity index (χ0n) is 13.4. The zero-order chi connectivity index (χ0) is 15.9. The fourth-order valence-electron chi connectivity index (χ4n) is 2.01. The maximum Gasteiger partial charge on any atom is 0.203 e. The van der Waals surface area contributed by atoms with E-state index in [0.29, 0.717) is 23.7 Å². The molecule has 0 saturated heterocycles. The Morgan fingerprint density at radius 1 is 1.10 bits per heavy atom. The molecule has 0 aliphatic rings. The minimum absolute atomic E-state index is 0.0378. The number of ether oxygens (including phenoxy) is 3. The van der Waals surface area contributed by atoms with E-state index in [1.807, 2.05) is 12.1 Å². The average Bonchev–Trinajstić information content (AvgIpc) is 2.49.